The summed E-state index contributed by atoms with van der Waals surface area (Å²) in [7, 11) is 1.69. The van der Waals surface area contributed by atoms with Crippen molar-refractivity contribution >= 4 is 11.9 Å². The van der Waals surface area contributed by atoms with E-state index >= 15 is 0 Å². The van der Waals surface area contributed by atoms with E-state index in [1.807, 2.05) is 36.7 Å². The van der Waals surface area contributed by atoms with Crippen LogP contribution in [0.1, 0.15) is 40.2 Å². The highest BCUT2D eigenvalue weighted by atomic mass is 16.4. The van der Waals surface area contributed by atoms with Gasteiger partial charge in [-0.15, -0.1) is 0 Å². The quantitative estimate of drug-likeness (QED) is 0.847. The lowest BCUT2D eigenvalue weighted by atomic mass is 10.1. The van der Waals surface area contributed by atoms with Gasteiger partial charge in [-0.3, -0.25) is 14.3 Å². The van der Waals surface area contributed by atoms with Crippen LogP contribution in [-0.2, 0) is 11.3 Å². The second-order valence-corrected chi connectivity index (χ2v) is 6.01. The van der Waals surface area contributed by atoms with Crippen molar-refractivity contribution in [3.63, 3.8) is 0 Å². The number of amides is 1. The Kier molecular flexibility index (Phi) is 5.73. The highest BCUT2D eigenvalue weighted by Crippen LogP contribution is 2.11. The molecule has 0 atom stereocenters. The molecule has 128 valence electrons. The van der Waals surface area contributed by atoms with Crippen molar-refractivity contribution in [1.82, 2.24) is 14.7 Å². The van der Waals surface area contributed by atoms with Gasteiger partial charge in [0.05, 0.1) is 12.2 Å². The molecule has 2 aromatic rings. The minimum absolute atomic E-state index is 0.0686. The van der Waals surface area contributed by atoms with Crippen molar-refractivity contribution in [2.45, 2.75) is 33.2 Å². The number of hydrogen-bond acceptors (Lipinski definition) is 3. The molecule has 1 aromatic carbocycles. The van der Waals surface area contributed by atoms with Crippen LogP contribution in [0.15, 0.2) is 30.3 Å². The number of aliphatic carboxylic acids is 1. The van der Waals surface area contributed by atoms with Crippen LogP contribution in [0.2, 0.25) is 0 Å². The molecule has 1 heterocycles. The standard InChI is InChI=1S/C18H23N3O3/c1-13-11-14(2)21(19-13)12-15-6-8-16(9-7-15)18(24)20(3)10-4-5-17(22)23/h6-9,11H,4-5,10,12H2,1-3H3,(H,22,23). The number of carboxylic acid groups (broad SMARTS) is 1. The summed E-state index contributed by atoms with van der Waals surface area (Å²) in [4.78, 5) is 24.4. The van der Waals surface area contributed by atoms with Crippen LogP contribution in [0, 0.1) is 13.8 Å². The first-order chi connectivity index (χ1) is 11.4. The van der Waals surface area contributed by atoms with E-state index in [1.54, 1.807) is 24.1 Å². The molecule has 0 fully saturated rings. The third-order valence-electron chi connectivity index (χ3n) is 3.87. The van der Waals surface area contributed by atoms with Gasteiger partial charge in [0, 0.05) is 31.3 Å². The molecular formula is C18H23N3O3. The first kappa shape index (κ1) is 17.7. The predicted octanol–water partition coefficient (Wildman–Crippen LogP) is 2.49. The van der Waals surface area contributed by atoms with Gasteiger partial charge in [-0.2, -0.15) is 5.10 Å². The first-order valence-corrected chi connectivity index (χ1v) is 7.94. The average molecular weight is 329 g/mol. The molecule has 6 nitrogen and oxygen atoms in total. The minimum atomic E-state index is -0.843. The van der Waals surface area contributed by atoms with Crippen LogP contribution in [0.3, 0.4) is 0 Å². The molecule has 1 amide bonds. The first-order valence-electron chi connectivity index (χ1n) is 7.94. The van der Waals surface area contributed by atoms with Gasteiger partial charge in [0.2, 0.25) is 0 Å². The number of rotatable bonds is 7. The van der Waals surface area contributed by atoms with Crippen LogP contribution < -0.4 is 0 Å². The fraction of sp³-hybridized carbons (Fsp3) is 0.389. The monoisotopic (exact) mass is 329 g/mol. The van der Waals surface area contributed by atoms with Crippen molar-refractivity contribution in [2.24, 2.45) is 0 Å². The SMILES string of the molecule is Cc1cc(C)n(Cc2ccc(C(=O)N(C)CCCC(=O)O)cc2)n1. The van der Waals surface area contributed by atoms with E-state index in [0.717, 1.165) is 17.0 Å². The molecule has 1 aromatic heterocycles. The maximum Gasteiger partial charge on any atom is 0.303 e. The van der Waals surface area contributed by atoms with Crippen LogP contribution in [0.4, 0.5) is 0 Å². The van der Waals surface area contributed by atoms with Crippen LogP contribution in [-0.4, -0.2) is 45.3 Å². The van der Waals surface area contributed by atoms with Gasteiger partial charge in [-0.25, -0.2) is 0 Å². The smallest absolute Gasteiger partial charge is 0.303 e. The second kappa shape index (κ2) is 7.77. The molecular weight excluding hydrogens is 306 g/mol. The fourth-order valence-corrected chi connectivity index (χ4v) is 2.55. The fourth-order valence-electron chi connectivity index (χ4n) is 2.55. The number of nitrogens with zero attached hydrogens (tertiary/aromatic N) is 3. The minimum Gasteiger partial charge on any atom is -0.481 e. The largest absolute Gasteiger partial charge is 0.481 e. The summed E-state index contributed by atoms with van der Waals surface area (Å²) in [5.41, 5.74) is 3.77. The summed E-state index contributed by atoms with van der Waals surface area (Å²) in [5.74, 6) is -0.942. The molecule has 24 heavy (non-hydrogen) atoms. The maximum atomic E-state index is 12.3. The lowest BCUT2D eigenvalue weighted by molar-refractivity contribution is -0.137. The van der Waals surface area contributed by atoms with E-state index < -0.39 is 5.97 Å². The summed E-state index contributed by atoms with van der Waals surface area (Å²) in [5, 5.41) is 13.1. The number of aryl methyl sites for hydroxylation is 2. The third kappa shape index (κ3) is 4.68. The number of carbonyl (C=O) groups is 2. The number of carbonyl (C=O) groups excluding carboxylic acids is 1. The van der Waals surface area contributed by atoms with E-state index in [0.29, 0.717) is 25.1 Å². The third-order valence-corrected chi connectivity index (χ3v) is 3.87. The van der Waals surface area contributed by atoms with Crippen LogP contribution in [0.5, 0.6) is 0 Å². The highest BCUT2D eigenvalue weighted by molar-refractivity contribution is 5.94. The van der Waals surface area contributed by atoms with Crippen molar-refractivity contribution in [2.75, 3.05) is 13.6 Å². The summed E-state index contributed by atoms with van der Waals surface area (Å²) >= 11 is 0. The molecule has 0 bridgehead atoms. The van der Waals surface area contributed by atoms with Crippen LogP contribution in [0.25, 0.3) is 0 Å². The summed E-state index contributed by atoms with van der Waals surface area (Å²) in [6.45, 7) is 5.08. The Hall–Kier alpha value is -2.63. The molecule has 6 heteroatoms. The molecule has 0 aliphatic carbocycles. The molecule has 0 aliphatic rings. The Bertz CT molecular complexity index is 720. The Morgan fingerprint density at radius 1 is 1.21 bits per heavy atom. The van der Waals surface area contributed by atoms with E-state index in [4.69, 9.17) is 5.11 Å². The van der Waals surface area contributed by atoms with Crippen molar-refractivity contribution < 1.29 is 14.7 Å². The molecule has 0 saturated heterocycles. The van der Waals surface area contributed by atoms with Crippen molar-refractivity contribution in [3.8, 4) is 0 Å². The van der Waals surface area contributed by atoms with E-state index in [9.17, 15) is 9.59 Å². The summed E-state index contributed by atoms with van der Waals surface area (Å²) in [6.07, 6.45) is 0.521. The van der Waals surface area contributed by atoms with Crippen molar-refractivity contribution in [1.29, 1.82) is 0 Å². The van der Waals surface area contributed by atoms with E-state index in [2.05, 4.69) is 5.10 Å². The van der Waals surface area contributed by atoms with Gasteiger partial charge < -0.3 is 10.0 Å². The molecule has 2 rings (SSSR count). The zero-order valence-corrected chi connectivity index (χ0v) is 14.3. The number of aromatic nitrogens is 2. The number of hydrogen-bond donors (Lipinski definition) is 1. The second-order valence-electron chi connectivity index (χ2n) is 6.01. The maximum absolute atomic E-state index is 12.3. The Morgan fingerprint density at radius 2 is 1.88 bits per heavy atom. The van der Waals surface area contributed by atoms with Crippen molar-refractivity contribution in [3.05, 3.63) is 52.8 Å². The average Bonchev–Trinajstić information content (AvgIpc) is 2.84. The number of carboxylic acids is 1. The Balaban J connectivity index is 1.96. The van der Waals surface area contributed by atoms with Gasteiger partial charge in [0.1, 0.15) is 0 Å². The topological polar surface area (TPSA) is 75.4 Å². The molecule has 0 aliphatic heterocycles. The predicted molar refractivity (Wildman–Crippen MR) is 91.1 cm³/mol. The van der Waals surface area contributed by atoms with Gasteiger partial charge in [-0.1, -0.05) is 12.1 Å². The molecule has 0 saturated carbocycles. The van der Waals surface area contributed by atoms with Gasteiger partial charge in [0.15, 0.2) is 0 Å². The van der Waals surface area contributed by atoms with Gasteiger partial charge in [-0.05, 0) is 44.0 Å². The normalized spacial score (nSPS) is 10.6. The molecule has 1 N–H and O–H groups in total. The van der Waals surface area contributed by atoms with Gasteiger partial charge >= 0.3 is 5.97 Å². The molecule has 0 spiro atoms. The number of benzene rings is 1. The van der Waals surface area contributed by atoms with Crippen LogP contribution >= 0.6 is 0 Å². The summed E-state index contributed by atoms with van der Waals surface area (Å²) in [6, 6.07) is 9.49. The molecule has 0 radical (unpaired) electrons. The Morgan fingerprint density at radius 3 is 2.42 bits per heavy atom. The molecule has 0 unspecified atom stereocenters. The zero-order valence-electron chi connectivity index (χ0n) is 14.3. The summed E-state index contributed by atoms with van der Waals surface area (Å²) < 4.78 is 1.93. The van der Waals surface area contributed by atoms with E-state index in [-0.39, 0.29) is 12.3 Å². The van der Waals surface area contributed by atoms with Gasteiger partial charge in [0.25, 0.3) is 5.91 Å². The van der Waals surface area contributed by atoms with E-state index in [1.165, 1.54) is 0 Å². The Labute approximate surface area is 141 Å². The zero-order chi connectivity index (χ0) is 17.7. The highest BCUT2D eigenvalue weighted by Gasteiger charge is 2.12. The lowest BCUT2D eigenvalue weighted by Gasteiger charge is -2.17. The lowest BCUT2D eigenvalue weighted by Crippen LogP contribution is -2.28.